The number of thiocarbonyl (C=S) groups is 1. The van der Waals surface area contributed by atoms with E-state index in [-0.39, 0.29) is 0 Å². The van der Waals surface area contributed by atoms with Gasteiger partial charge in [0.1, 0.15) is 10.8 Å². The molecule has 0 fully saturated rings. The normalized spacial score (nSPS) is 9.94. The average molecular weight is 243 g/mol. The van der Waals surface area contributed by atoms with Crippen molar-refractivity contribution in [3.8, 4) is 0 Å². The smallest absolute Gasteiger partial charge is 0.140 e. The van der Waals surface area contributed by atoms with Crippen LogP contribution in [-0.4, -0.2) is 9.97 Å². The molecular weight excluding hydrogens is 230 g/mol. The Balaban J connectivity index is 2.37. The molecule has 0 bridgehead atoms. The van der Waals surface area contributed by atoms with Gasteiger partial charge < -0.3 is 11.1 Å². The lowest BCUT2D eigenvalue weighted by Crippen LogP contribution is -2.12. The molecule has 3 N–H and O–H groups in total. The lowest BCUT2D eigenvalue weighted by atomic mass is 10.2. The van der Waals surface area contributed by atoms with E-state index in [1.54, 1.807) is 6.20 Å². The first-order valence-electron chi connectivity index (χ1n) is 5.26. The Hall–Kier alpha value is -1.94. The second kappa shape index (κ2) is 4.93. The predicted octanol–water partition coefficient (Wildman–Crippen LogP) is 2.77. The number of aryl methyl sites for hydroxylation is 1. The van der Waals surface area contributed by atoms with Crippen molar-refractivity contribution in [2.45, 2.75) is 6.92 Å². The number of nitrogens with two attached hydrogens (primary N) is 1. The molecule has 0 saturated heterocycles. The molecular formula is C13H13N3S. The van der Waals surface area contributed by atoms with Crippen LogP contribution in [-0.2, 0) is 0 Å². The van der Waals surface area contributed by atoms with Gasteiger partial charge in [0.2, 0.25) is 0 Å². The quantitative estimate of drug-likeness (QED) is 0.814. The van der Waals surface area contributed by atoms with Gasteiger partial charge in [0.15, 0.2) is 0 Å². The van der Waals surface area contributed by atoms with Gasteiger partial charge in [-0.1, -0.05) is 30.4 Å². The van der Waals surface area contributed by atoms with Gasteiger partial charge in [0.05, 0.1) is 5.56 Å². The topological polar surface area (TPSA) is 50.9 Å². The predicted molar refractivity (Wildman–Crippen MR) is 74.6 cm³/mol. The fourth-order valence-electron chi connectivity index (χ4n) is 1.54. The van der Waals surface area contributed by atoms with Crippen LogP contribution in [0.2, 0.25) is 0 Å². The second-order valence-electron chi connectivity index (χ2n) is 3.70. The fraction of sp³-hybridized carbons (Fsp3) is 0.0769. The van der Waals surface area contributed by atoms with Crippen LogP contribution >= 0.6 is 12.2 Å². The van der Waals surface area contributed by atoms with E-state index in [0.717, 1.165) is 16.8 Å². The van der Waals surface area contributed by atoms with Crippen LogP contribution in [0.25, 0.3) is 0 Å². The van der Waals surface area contributed by atoms with Crippen LogP contribution < -0.4 is 11.1 Å². The number of pyridine rings is 1. The third-order valence-corrected chi connectivity index (χ3v) is 2.69. The molecule has 0 unspecified atom stereocenters. The molecule has 0 aliphatic rings. The van der Waals surface area contributed by atoms with Crippen molar-refractivity contribution in [1.29, 1.82) is 0 Å². The Morgan fingerprint density at radius 2 is 2.00 bits per heavy atom. The Kier molecular flexibility index (Phi) is 3.35. The van der Waals surface area contributed by atoms with E-state index in [2.05, 4.69) is 10.3 Å². The van der Waals surface area contributed by atoms with Gasteiger partial charge in [-0.15, -0.1) is 0 Å². The van der Waals surface area contributed by atoms with Gasteiger partial charge in [-0.25, -0.2) is 4.98 Å². The van der Waals surface area contributed by atoms with Crippen molar-refractivity contribution in [2.75, 3.05) is 5.32 Å². The summed E-state index contributed by atoms with van der Waals surface area (Å²) >= 11 is 5.00. The summed E-state index contributed by atoms with van der Waals surface area (Å²) < 4.78 is 0. The van der Waals surface area contributed by atoms with Crippen LogP contribution in [0.1, 0.15) is 11.1 Å². The molecule has 1 aromatic heterocycles. The summed E-state index contributed by atoms with van der Waals surface area (Å²) in [4.78, 5) is 4.60. The van der Waals surface area contributed by atoms with Crippen LogP contribution in [0, 0.1) is 6.92 Å². The Morgan fingerprint density at radius 1 is 1.24 bits per heavy atom. The maximum atomic E-state index is 5.66. The summed E-state index contributed by atoms with van der Waals surface area (Å²) in [7, 11) is 0. The van der Waals surface area contributed by atoms with E-state index in [1.807, 2.05) is 43.3 Å². The first-order valence-corrected chi connectivity index (χ1v) is 5.67. The largest absolute Gasteiger partial charge is 0.389 e. The van der Waals surface area contributed by atoms with E-state index in [9.17, 15) is 0 Å². The summed E-state index contributed by atoms with van der Waals surface area (Å²) in [6.45, 7) is 2.03. The van der Waals surface area contributed by atoms with Crippen molar-refractivity contribution in [3.63, 3.8) is 0 Å². The average Bonchev–Trinajstić information content (AvgIpc) is 2.32. The molecule has 0 atom stereocenters. The minimum atomic E-state index is 0.342. The van der Waals surface area contributed by atoms with Gasteiger partial charge >= 0.3 is 0 Å². The maximum absolute atomic E-state index is 5.66. The van der Waals surface area contributed by atoms with Crippen molar-refractivity contribution in [1.82, 2.24) is 4.98 Å². The summed E-state index contributed by atoms with van der Waals surface area (Å²) in [5.41, 5.74) is 8.56. The van der Waals surface area contributed by atoms with Gasteiger partial charge in [0, 0.05) is 11.9 Å². The lowest BCUT2D eigenvalue weighted by Gasteiger charge is -2.11. The summed E-state index contributed by atoms with van der Waals surface area (Å²) in [6.07, 6.45) is 1.71. The first-order chi connectivity index (χ1) is 8.18. The Bertz CT molecular complexity index is 552. The van der Waals surface area contributed by atoms with E-state index in [1.165, 1.54) is 0 Å². The number of anilines is 2. The van der Waals surface area contributed by atoms with E-state index >= 15 is 0 Å². The summed E-state index contributed by atoms with van der Waals surface area (Å²) in [5, 5.41) is 3.24. The molecule has 2 rings (SSSR count). The minimum Gasteiger partial charge on any atom is -0.389 e. The summed E-state index contributed by atoms with van der Waals surface area (Å²) in [5.74, 6) is 0.689. The highest BCUT2D eigenvalue weighted by Gasteiger charge is 2.06. The highest BCUT2D eigenvalue weighted by Crippen LogP contribution is 2.21. The highest BCUT2D eigenvalue weighted by atomic mass is 32.1. The third-order valence-electron chi connectivity index (χ3n) is 2.47. The minimum absolute atomic E-state index is 0.342. The number of rotatable bonds is 3. The number of benzene rings is 1. The molecule has 0 amide bonds. The standard InChI is InChI=1S/C13H13N3S/c1-9-5-2-3-7-11(9)16-13-10(12(14)17)6-4-8-15-13/h2-8H,1H3,(H2,14,17)(H,15,16). The zero-order chi connectivity index (χ0) is 12.3. The van der Waals surface area contributed by atoms with Crippen molar-refractivity contribution >= 4 is 28.7 Å². The molecule has 0 saturated carbocycles. The molecule has 4 heteroatoms. The SMILES string of the molecule is Cc1ccccc1Nc1ncccc1C(N)=S. The van der Waals surface area contributed by atoms with Crippen molar-refractivity contribution in [2.24, 2.45) is 5.73 Å². The Labute approximate surface area is 106 Å². The number of hydrogen-bond acceptors (Lipinski definition) is 3. The first kappa shape index (κ1) is 11.5. The van der Waals surface area contributed by atoms with Gasteiger partial charge in [-0.3, -0.25) is 0 Å². The number of para-hydroxylation sites is 1. The molecule has 0 aliphatic heterocycles. The fourth-order valence-corrected chi connectivity index (χ4v) is 1.71. The molecule has 1 aromatic carbocycles. The van der Waals surface area contributed by atoms with Crippen molar-refractivity contribution in [3.05, 3.63) is 53.7 Å². The molecule has 0 aliphatic carbocycles. The molecule has 1 heterocycles. The monoisotopic (exact) mass is 243 g/mol. The van der Waals surface area contributed by atoms with E-state index in [0.29, 0.717) is 10.8 Å². The number of nitrogens with zero attached hydrogens (tertiary/aromatic N) is 1. The van der Waals surface area contributed by atoms with Crippen LogP contribution in [0.3, 0.4) is 0 Å². The highest BCUT2D eigenvalue weighted by molar-refractivity contribution is 7.80. The van der Waals surface area contributed by atoms with Crippen molar-refractivity contribution < 1.29 is 0 Å². The van der Waals surface area contributed by atoms with Crippen LogP contribution in [0.4, 0.5) is 11.5 Å². The third kappa shape index (κ3) is 2.60. The molecule has 0 spiro atoms. The van der Waals surface area contributed by atoms with Gasteiger partial charge in [0.25, 0.3) is 0 Å². The lowest BCUT2D eigenvalue weighted by molar-refractivity contribution is 1.28. The molecule has 0 radical (unpaired) electrons. The second-order valence-corrected chi connectivity index (χ2v) is 4.14. The zero-order valence-corrected chi connectivity index (χ0v) is 10.3. The van der Waals surface area contributed by atoms with Crippen LogP contribution in [0.15, 0.2) is 42.6 Å². The number of nitrogens with one attached hydrogen (secondary N) is 1. The Morgan fingerprint density at radius 3 is 2.71 bits per heavy atom. The molecule has 17 heavy (non-hydrogen) atoms. The molecule has 3 nitrogen and oxygen atoms in total. The molecule has 86 valence electrons. The number of hydrogen-bond donors (Lipinski definition) is 2. The van der Waals surface area contributed by atoms with E-state index < -0.39 is 0 Å². The number of aromatic nitrogens is 1. The van der Waals surface area contributed by atoms with Gasteiger partial charge in [-0.05, 0) is 30.7 Å². The maximum Gasteiger partial charge on any atom is 0.140 e. The zero-order valence-electron chi connectivity index (χ0n) is 9.47. The van der Waals surface area contributed by atoms with Gasteiger partial charge in [-0.2, -0.15) is 0 Å². The molecule has 2 aromatic rings. The van der Waals surface area contributed by atoms with E-state index in [4.69, 9.17) is 18.0 Å². The van der Waals surface area contributed by atoms with Crippen LogP contribution in [0.5, 0.6) is 0 Å². The summed E-state index contributed by atoms with van der Waals surface area (Å²) in [6, 6.07) is 11.7.